The van der Waals surface area contributed by atoms with Gasteiger partial charge < -0.3 is 10.2 Å². The van der Waals surface area contributed by atoms with Crippen molar-refractivity contribution in [1.82, 2.24) is 10.3 Å². The molecule has 0 radical (unpaired) electrons. The number of nitrogens with one attached hydrogen (secondary N) is 1. The lowest BCUT2D eigenvalue weighted by Crippen LogP contribution is -2.26. The van der Waals surface area contributed by atoms with Crippen molar-refractivity contribution in [2.24, 2.45) is 0 Å². The van der Waals surface area contributed by atoms with Crippen LogP contribution < -0.4 is 10.2 Å². The van der Waals surface area contributed by atoms with Gasteiger partial charge in [0.05, 0.1) is 0 Å². The third kappa shape index (κ3) is 3.39. The molecule has 3 rings (SSSR count). The van der Waals surface area contributed by atoms with Gasteiger partial charge in [0.1, 0.15) is 0 Å². The lowest BCUT2D eigenvalue weighted by atomic mass is 10.1. The third-order valence-electron chi connectivity index (χ3n) is 4.01. The van der Waals surface area contributed by atoms with E-state index in [-0.39, 0.29) is 11.8 Å². The Bertz CT molecular complexity index is 728. The second kappa shape index (κ2) is 6.60. The van der Waals surface area contributed by atoms with E-state index in [1.54, 1.807) is 24.1 Å². The number of aromatic nitrogens is 1. The number of anilines is 1. The molecule has 1 aromatic carbocycles. The van der Waals surface area contributed by atoms with Crippen LogP contribution >= 0.6 is 0 Å². The molecule has 0 spiro atoms. The van der Waals surface area contributed by atoms with Crippen molar-refractivity contribution >= 4 is 17.5 Å². The van der Waals surface area contributed by atoms with Gasteiger partial charge in [-0.05, 0) is 42.3 Å². The summed E-state index contributed by atoms with van der Waals surface area (Å²) in [5.41, 5.74) is 3.56. The number of hydrogen-bond acceptors (Lipinski definition) is 3. The normalized spacial score (nSPS) is 12.8. The van der Waals surface area contributed by atoms with Crippen LogP contribution in [0.4, 0.5) is 5.69 Å². The number of carbonyl (C=O) groups excluding carboxylic acids is 2. The molecule has 1 N–H and O–H groups in total. The van der Waals surface area contributed by atoms with Crippen LogP contribution in [0.3, 0.4) is 0 Å². The van der Waals surface area contributed by atoms with Gasteiger partial charge in [-0.1, -0.05) is 6.07 Å². The van der Waals surface area contributed by atoms with Crippen LogP contribution in [0.1, 0.15) is 28.5 Å². The Labute approximate surface area is 135 Å². The molecule has 0 fully saturated rings. The van der Waals surface area contributed by atoms with Gasteiger partial charge >= 0.3 is 0 Å². The van der Waals surface area contributed by atoms with E-state index in [1.807, 2.05) is 30.3 Å². The van der Waals surface area contributed by atoms with Crippen LogP contribution in [0.15, 0.2) is 42.6 Å². The van der Waals surface area contributed by atoms with Crippen LogP contribution in [0.25, 0.3) is 0 Å². The molecule has 1 aliphatic heterocycles. The number of benzene rings is 1. The highest BCUT2D eigenvalue weighted by molar-refractivity contribution is 5.97. The average molecular weight is 309 g/mol. The topological polar surface area (TPSA) is 62.3 Å². The molecule has 0 saturated carbocycles. The van der Waals surface area contributed by atoms with Gasteiger partial charge in [-0.15, -0.1) is 0 Å². The maximum atomic E-state index is 12.2. The summed E-state index contributed by atoms with van der Waals surface area (Å²) in [5.74, 6) is -0.0543. The number of nitrogens with zero attached hydrogens (tertiary/aromatic N) is 2. The molecule has 2 amide bonds. The minimum atomic E-state index is -0.0926. The van der Waals surface area contributed by atoms with Crippen LogP contribution in [-0.4, -0.2) is 29.9 Å². The summed E-state index contributed by atoms with van der Waals surface area (Å²) < 4.78 is 0. The van der Waals surface area contributed by atoms with Crippen LogP contribution in [0.5, 0.6) is 0 Å². The summed E-state index contributed by atoms with van der Waals surface area (Å²) in [5, 5.41) is 2.91. The van der Waals surface area contributed by atoms with Gasteiger partial charge in [0.2, 0.25) is 5.91 Å². The van der Waals surface area contributed by atoms with Gasteiger partial charge in [-0.2, -0.15) is 0 Å². The monoisotopic (exact) mass is 309 g/mol. The molecule has 5 heteroatoms. The van der Waals surface area contributed by atoms with Gasteiger partial charge in [0.15, 0.2) is 0 Å². The zero-order valence-electron chi connectivity index (χ0n) is 13.1. The van der Waals surface area contributed by atoms with E-state index in [2.05, 4.69) is 10.3 Å². The Morgan fingerprint density at radius 2 is 2.13 bits per heavy atom. The molecule has 0 unspecified atom stereocenters. The summed E-state index contributed by atoms with van der Waals surface area (Å²) in [4.78, 5) is 29.8. The Hall–Kier alpha value is -2.69. The predicted octanol–water partition coefficient (Wildman–Crippen LogP) is 1.96. The molecular weight excluding hydrogens is 290 g/mol. The first-order chi connectivity index (χ1) is 11.1. The number of carbonyl (C=O) groups is 2. The molecule has 2 heterocycles. The fourth-order valence-electron chi connectivity index (χ4n) is 2.82. The van der Waals surface area contributed by atoms with E-state index in [4.69, 9.17) is 0 Å². The van der Waals surface area contributed by atoms with Gasteiger partial charge in [-0.25, -0.2) is 0 Å². The number of rotatable bonds is 4. The molecule has 1 aromatic heterocycles. The summed E-state index contributed by atoms with van der Waals surface area (Å²) in [6, 6.07) is 11.3. The van der Waals surface area contributed by atoms with Gasteiger partial charge in [0, 0.05) is 49.6 Å². The molecule has 5 nitrogen and oxygen atoms in total. The third-order valence-corrected chi connectivity index (χ3v) is 4.01. The van der Waals surface area contributed by atoms with Crippen molar-refractivity contribution in [3.8, 4) is 0 Å². The summed E-state index contributed by atoms with van der Waals surface area (Å²) >= 11 is 0. The summed E-state index contributed by atoms with van der Waals surface area (Å²) in [6.45, 7) is 2.80. The van der Waals surface area contributed by atoms with Crippen molar-refractivity contribution in [2.45, 2.75) is 19.8 Å². The standard InChI is InChI=1S/C18H19N3O2/c1-13(22)21-11-8-14-12-15(5-6-17(14)21)18(23)20-10-7-16-4-2-3-9-19-16/h2-6,9,12H,7-8,10-11H2,1H3,(H,20,23). The average Bonchev–Trinajstić information content (AvgIpc) is 2.99. The predicted molar refractivity (Wildman–Crippen MR) is 88.4 cm³/mol. The van der Waals surface area contributed by atoms with Crippen LogP contribution in [-0.2, 0) is 17.6 Å². The molecule has 118 valence electrons. The van der Waals surface area contributed by atoms with E-state index < -0.39 is 0 Å². The first-order valence-electron chi connectivity index (χ1n) is 7.74. The minimum Gasteiger partial charge on any atom is -0.352 e. The molecule has 0 saturated heterocycles. The van der Waals surface area contributed by atoms with Crippen molar-refractivity contribution in [3.63, 3.8) is 0 Å². The van der Waals surface area contributed by atoms with Crippen LogP contribution in [0.2, 0.25) is 0 Å². The van der Waals surface area contributed by atoms with Crippen molar-refractivity contribution in [1.29, 1.82) is 0 Å². The molecule has 0 atom stereocenters. The Balaban J connectivity index is 1.61. The van der Waals surface area contributed by atoms with E-state index >= 15 is 0 Å². The largest absolute Gasteiger partial charge is 0.352 e. The van der Waals surface area contributed by atoms with Crippen LogP contribution in [0, 0.1) is 0 Å². The minimum absolute atomic E-state index is 0.0383. The zero-order chi connectivity index (χ0) is 16.2. The van der Waals surface area contributed by atoms with Crippen molar-refractivity contribution in [3.05, 3.63) is 59.4 Å². The highest BCUT2D eigenvalue weighted by Crippen LogP contribution is 2.28. The van der Waals surface area contributed by atoms with E-state index in [0.29, 0.717) is 25.1 Å². The number of fused-ring (bicyclic) bond motifs is 1. The SMILES string of the molecule is CC(=O)N1CCc2cc(C(=O)NCCc3ccccn3)ccc21. The van der Waals surface area contributed by atoms with Gasteiger partial charge in [-0.3, -0.25) is 14.6 Å². The molecule has 23 heavy (non-hydrogen) atoms. The highest BCUT2D eigenvalue weighted by Gasteiger charge is 2.22. The lowest BCUT2D eigenvalue weighted by Gasteiger charge is -2.14. The quantitative estimate of drug-likeness (QED) is 0.939. The van der Waals surface area contributed by atoms with Crippen molar-refractivity contribution < 1.29 is 9.59 Å². The van der Waals surface area contributed by atoms with E-state index in [0.717, 1.165) is 23.4 Å². The number of amides is 2. The van der Waals surface area contributed by atoms with Crippen molar-refractivity contribution in [2.75, 3.05) is 18.0 Å². The van der Waals surface area contributed by atoms with E-state index in [1.165, 1.54) is 0 Å². The molecule has 0 bridgehead atoms. The number of hydrogen-bond donors (Lipinski definition) is 1. The fourth-order valence-corrected chi connectivity index (χ4v) is 2.82. The fraction of sp³-hybridized carbons (Fsp3) is 0.278. The van der Waals surface area contributed by atoms with Gasteiger partial charge in [0.25, 0.3) is 5.91 Å². The highest BCUT2D eigenvalue weighted by atomic mass is 16.2. The Morgan fingerprint density at radius 3 is 2.87 bits per heavy atom. The second-order valence-corrected chi connectivity index (χ2v) is 5.59. The first kappa shape index (κ1) is 15.2. The summed E-state index contributed by atoms with van der Waals surface area (Å²) in [6.07, 6.45) is 3.25. The summed E-state index contributed by atoms with van der Waals surface area (Å²) in [7, 11) is 0. The maximum Gasteiger partial charge on any atom is 0.251 e. The smallest absolute Gasteiger partial charge is 0.251 e. The maximum absolute atomic E-state index is 12.2. The molecule has 1 aliphatic rings. The molecule has 2 aromatic rings. The number of pyridine rings is 1. The first-order valence-corrected chi connectivity index (χ1v) is 7.74. The van der Waals surface area contributed by atoms with E-state index in [9.17, 15) is 9.59 Å². The second-order valence-electron chi connectivity index (χ2n) is 5.59. The zero-order valence-corrected chi connectivity index (χ0v) is 13.1. The Kier molecular flexibility index (Phi) is 4.37. The molecular formula is C18H19N3O2. The Morgan fingerprint density at radius 1 is 1.26 bits per heavy atom. The molecule has 0 aliphatic carbocycles. The lowest BCUT2D eigenvalue weighted by molar-refractivity contribution is -0.116.